The van der Waals surface area contributed by atoms with Gasteiger partial charge in [0.15, 0.2) is 0 Å². The van der Waals surface area contributed by atoms with Gasteiger partial charge in [0.05, 0.1) is 12.4 Å². The quantitative estimate of drug-likeness (QED) is 0.431. The molecule has 4 rings (SSSR count). The minimum Gasteiger partial charge on any atom is -0.339 e. The zero-order chi connectivity index (χ0) is 16.4. The molecule has 0 aromatic carbocycles. The van der Waals surface area contributed by atoms with Crippen LogP contribution in [0.15, 0.2) is 33.8 Å². The average Bonchev–Trinajstić information content (AvgIpc) is 2.91. The molecule has 6 nitrogen and oxygen atoms in total. The molecule has 0 bridgehead atoms. The minimum absolute atomic E-state index is 0.0399. The van der Waals surface area contributed by atoms with Crippen LogP contribution >= 0.6 is 15.9 Å². The van der Waals surface area contributed by atoms with Crippen LogP contribution in [0, 0.1) is 11.3 Å². The normalized spacial score (nSPS) is 38.0. The van der Waals surface area contributed by atoms with Crippen molar-refractivity contribution in [2.45, 2.75) is 39.2 Å². The van der Waals surface area contributed by atoms with E-state index in [1.165, 1.54) is 0 Å². The van der Waals surface area contributed by atoms with Crippen LogP contribution in [0.4, 0.5) is 0 Å². The summed E-state index contributed by atoms with van der Waals surface area (Å²) < 4.78 is 0.707. The third kappa shape index (κ3) is 2.10. The summed E-state index contributed by atoms with van der Waals surface area (Å²) in [5.74, 6) is 6.91. The average molecular weight is 379 g/mol. The Hall–Kier alpha value is -1.31. The highest BCUT2D eigenvalue weighted by molar-refractivity contribution is 9.18. The minimum atomic E-state index is -0.236. The van der Waals surface area contributed by atoms with Crippen molar-refractivity contribution in [3.8, 4) is 0 Å². The summed E-state index contributed by atoms with van der Waals surface area (Å²) in [7, 11) is 0. The number of piperidine rings is 1. The standard InChI is InChI=1S/C16H21BrN5O/c1-16(2)7-11-4-3-10(9-21(11)14(16)23)13-12-8-19-5-6-22(12,18)15(17)20-13/h5-6,8,10-11H,3-4,7,9,18H2,1-2H3/q+1/t10-,11+,22?/m1/s1. The predicted molar refractivity (Wildman–Crippen MR) is 92.1 cm³/mol. The van der Waals surface area contributed by atoms with Gasteiger partial charge in [-0.25, -0.2) is 0 Å². The number of quaternary nitrogens is 1. The lowest BCUT2D eigenvalue weighted by atomic mass is 9.86. The Kier molecular flexibility index (Phi) is 3.21. The Labute approximate surface area is 144 Å². The summed E-state index contributed by atoms with van der Waals surface area (Å²) in [4.78, 5) is 23.6. The molecule has 4 heterocycles. The molecule has 4 aliphatic rings. The van der Waals surface area contributed by atoms with Crippen LogP contribution in [0.25, 0.3) is 0 Å². The second kappa shape index (κ2) is 4.84. The number of fused-ring (bicyclic) bond motifs is 2. The van der Waals surface area contributed by atoms with Crippen LogP contribution in [0.1, 0.15) is 33.1 Å². The Bertz CT molecular complexity index is 707. The molecule has 7 heteroatoms. The SMILES string of the molecule is CC1(C)C[C@@H]2CC[C@@H](C3=C4C=NC=C[N+]4(N)C(Br)=N3)CN2C1=O. The maximum Gasteiger partial charge on any atom is 0.301 e. The molecule has 2 N–H and O–H groups in total. The summed E-state index contributed by atoms with van der Waals surface area (Å²) in [6.45, 7) is 4.83. The van der Waals surface area contributed by atoms with E-state index >= 15 is 0 Å². The molecule has 4 aliphatic heterocycles. The van der Waals surface area contributed by atoms with E-state index in [0.29, 0.717) is 10.8 Å². The molecule has 3 atom stereocenters. The second-order valence-electron chi connectivity index (χ2n) is 7.48. The van der Waals surface area contributed by atoms with Gasteiger partial charge < -0.3 is 4.90 Å². The van der Waals surface area contributed by atoms with Crippen LogP contribution in [-0.4, -0.2) is 38.9 Å². The summed E-state index contributed by atoms with van der Waals surface area (Å²) >= 11 is 3.49. The molecule has 0 saturated carbocycles. The molecular formula is C16H21BrN5O+. The lowest BCUT2D eigenvalue weighted by molar-refractivity contribution is -0.746. The van der Waals surface area contributed by atoms with Crippen molar-refractivity contribution in [2.75, 3.05) is 6.54 Å². The number of halogens is 1. The number of aliphatic imine (C=N–C) groups is 2. The van der Waals surface area contributed by atoms with E-state index in [4.69, 9.17) is 5.84 Å². The van der Waals surface area contributed by atoms with Gasteiger partial charge in [-0.15, -0.1) is 4.59 Å². The second-order valence-corrected chi connectivity index (χ2v) is 8.19. The molecule has 23 heavy (non-hydrogen) atoms. The number of amides is 1. The van der Waals surface area contributed by atoms with Gasteiger partial charge in [0, 0.05) is 39.8 Å². The topological polar surface area (TPSA) is 71.0 Å². The van der Waals surface area contributed by atoms with Crippen molar-refractivity contribution in [1.29, 1.82) is 0 Å². The maximum atomic E-state index is 12.6. The molecule has 1 unspecified atom stereocenters. The first kappa shape index (κ1) is 15.2. The van der Waals surface area contributed by atoms with E-state index in [0.717, 1.165) is 37.2 Å². The number of nitrogens with zero attached hydrogens (tertiary/aromatic N) is 4. The number of hydrogen-bond acceptors (Lipinski definition) is 4. The highest BCUT2D eigenvalue weighted by Gasteiger charge is 2.50. The Morgan fingerprint density at radius 2 is 2.22 bits per heavy atom. The van der Waals surface area contributed by atoms with Crippen molar-refractivity contribution >= 4 is 32.8 Å². The molecule has 0 aromatic heterocycles. The smallest absolute Gasteiger partial charge is 0.301 e. The Morgan fingerprint density at radius 1 is 1.43 bits per heavy atom. The molecule has 1 amide bonds. The number of carbonyl (C=O) groups is 1. The lowest BCUT2D eigenvalue weighted by Crippen LogP contribution is -2.50. The Balaban J connectivity index is 1.66. The lowest BCUT2D eigenvalue weighted by Gasteiger charge is -2.35. The number of allylic oxidation sites excluding steroid dienone is 1. The van der Waals surface area contributed by atoms with Crippen molar-refractivity contribution in [2.24, 2.45) is 27.2 Å². The van der Waals surface area contributed by atoms with Crippen LogP contribution in [0.3, 0.4) is 0 Å². The molecule has 0 aromatic rings. The van der Waals surface area contributed by atoms with Crippen molar-refractivity contribution in [3.63, 3.8) is 0 Å². The number of carbonyl (C=O) groups excluding carboxylic acids is 1. The third-order valence-corrected chi connectivity index (χ3v) is 6.21. The monoisotopic (exact) mass is 378 g/mol. The van der Waals surface area contributed by atoms with E-state index in [1.54, 1.807) is 12.4 Å². The van der Waals surface area contributed by atoms with Gasteiger partial charge in [-0.3, -0.25) is 9.79 Å². The molecule has 122 valence electrons. The van der Waals surface area contributed by atoms with Gasteiger partial charge in [-0.2, -0.15) is 10.8 Å². The number of rotatable bonds is 1. The first-order chi connectivity index (χ1) is 10.8. The van der Waals surface area contributed by atoms with Crippen molar-refractivity contribution in [1.82, 2.24) is 4.90 Å². The highest BCUT2D eigenvalue weighted by Crippen LogP contribution is 2.44. The first-order valence-electron chi connectivity index (χ1n) is 8.02. The van der Waals surface area contributed by atoms with E-state index in [1.807, 2.05) is 6.20 Å². The summed E-state index contributed by atoms with van der Waals surface area (Å²) in [6.07, 6.45) is 8.30. The molecule has 0 radical (unpaired) electrons. The van der Waals surface area contributed by atoms with Crippen LogP contribution < -0.4 is 5.84 Å². The number of amidine groups is 1. The molecule has 2 saturated heterocycles. The van der Waals surface area contributed by atoms with Crippen LogP contribution in [-0.2, 0) is 4.79 Å². The van der Waals surface area contributed by atoms with Gasteiger partial charge in [-0.1, -0.05) is 13.8 Å². The fourth-order valence-corrected chi connectivity index (χ4v) is 4.67. The first-order valence-corrected chi connectivity index (χ1v) is 8.81. The summed E-state index contributed by atoms with van der Waals surface area (Å²) in [6, 6.07) is 0.380. The van der Waals surface area contributed by atoms with Gasteiger partial charge in [0.1, 0.15) is 11.9 Å². The van der Waals surface area contributed by atoms with Crippen LogP contribution in [0.5, 0.6) is 0 Å². The molecule has 2 fully saturated rings. The molecule has 0 aliphatic carbocycles. The van der Waals surface area contributed by atoms with Gasteiger partial charge in [0.2, 0.25) is 11.6 Å². The highest BCUT2D eigenvalue weighted by atomic mass is 79.9. The van der Waals surface area contributed by atoms with E-state index < -0.39 is 0 Å². The van der Waals surface area contributed by atoms with Crippen molar-refractivity contribution < 1.29 is 9.39 Å². The maximum absolute atomic E-state index is 12.6. The van der Waals surface area contributed by atoms with E-state index in [9.17, 15) is 4.79 Å². The third-order valence-electron chi connectivity index (χ3n) is 5.44. The Morgan fingerprint density at radius 3 is 3.00 bits per heavy atom. The fourth-order valence-electron chi connectivity index (χ4n) is 4.17. The fraction of sp³-hybridized carbons (Fsp3) is 0.562. The number of hydrogen-bond donors (Lipinski definition) is 1. The predicted octanol–water partition coefficient (Wildman–Crippen LogP) is 2.25. The molecular weight excluding hydrogens is 358 g/mol. The van der Waals surface area contributed by atoms with E-state index in [2.05, 4.69) is 44.7 Å². The summed E-state index contributed by atoms with van der Waals surface area (Å²) in [5, 5.41) is 0. The number of nitrogens with two attached hydrogens (primary N) is 1. The van der Waals surface area contributed by atoms with Gasteiger partial charge >= 0.3 is 4.74 Å². The summed E-state index contributed by atoms with van der Waals surface area (Å²) in [5.41, 5.74) is 1.62. The van der Waals surface area contributed by atoms with Crippen molar-refractivity contribution in [3.05, 3.63) is 23.8 Å². The molecule has 0 spiro atoms. The zero-order valence-electron chi connectivity index (χ0n) is 13.4. The van der Waals surface area contributed by atoms with E-state index in [-0.39, 0.29) is 21.8 Å². The van der Waals surface area contributed by atoms with Gasteiger partial charge in [-0.05, 0) is 19.3 Å². The van der Waals surface area contributed by atoms with Crippen LogP contribution in [0.2, 0.25) is 0 Å². The zero-order valence-corrected chi connectivity index (χ0v) is 15.0. The van der Waals surface area contributed by atoms with Gasteiger partial charge in [0.25, 0.3) is 0 Å². The largest absolute Gasteiger partial charge is 0.339 e.